The van der Waals surface area contributed by atoms with E-state index in [-0.39, 0.29) is 18.9 Å². The number of esters is 1. The van der Waals surface area contributed by atoms with Gasteiger partial charge in [0.1, 0.15) is 5.52 Å². The fourth-order valence-electron chi connectivity index (χ4n) is 2.64. The second kappa shape index (κ2) is 7.82. The van der Waals surface area contributed by atoms with E-state index < -0.39 is 5.97 Å². The number of aromatic nitrogens is 1. The highest BCUT2D eigenvalue weighted by Gasteiger charge is 2.12. The lowest BCUT2D eigenvalue weighted by atomic mass is 10.1. The number of amides is 1. The number of aryl methyl sites for hydroxylation is 3. The van der Waals surface area contributed by atoms with Gasteiger partial charge in [0.05, 0.1) is 6.42 Å². The van der Waals surface area contributed by atoms with Crippen molar-refractivity contribution in [1.29, 1.82) is 0 Å². The van der Waals surface area contributed by atoms with Gasteiger partial charge in [-0.15, -0.1) is 0 Å². The van der Waals surface area contributed by atoms with Crippen LogP contribution in [0.15, 0.2) is 46.9 Å². The number of para-hydroxylation sites is 3. The Morgan fingerprint density at radius 3 is 2.54 bits per heavy atom. The van der Waals surface area contributed by atoms with E-state index in [1.54, 1.807) is 0 Å². The van der Waals surface area contributed by atoms with Crippen molar-refractivity contribution in [3.8, 4) is 0 Å². The van der Waals surface area contributed by atoms with E-state index in [2.05, 4.69) is 10.3 Å². The van der Waals surface area contributed by atoms with E-state index in [0.717, 1.165) is 22.3 Å². The Morgan fingerprint density at radius 1 is 1.08 bits per heavy atom. The monoisotopic (exact) mass is 352 g/mol. The van der Waals surface area contributed by atoms with Gasteiger partial charge in [-0.2, -0.15) is 0 Å². The number of carbonyl (C=O) groups excluding carboxylic acids is 2. The van der Waals surface area contributed by atoms with Crippen molar-refractivity contribution >= 4 is 28.7 Å². The number of ether oxygens (including phenoxy) is 1. The number of rotatable bonds is 6. The molecule has 3 aromatic rings. The van der Waals surface area contributed by atoms with Crippen LogP contribution in [-0.4, -0.2) is 23.5 Å². The molecule has 26 heavy (non-hydrogen) atoms. The van der Waals surface area contributed by atoms with Gasteiger partial charge in [0.2, 0.25) is 0 Å². The number of nitrogens with one attached hydrogen (secondary N) is 1. The van der Waals surface area contributed by atoms with Gasteiger partial charge in [-0.3, -0.25) is 9.59 Å². The molecule has 0 bridgehead atoms. The molecule has 6 heteroatoms. The zero-order valence-corrected chi connectivity index (χ0v) is 14.7. The molecule has 1 heterocycles. The summed E-state index contributed by atoms with van der Waals surface area (Å²) in [6.45, 7) is 3.50. The van der Waals surface area contributed by atoms with Crippen LogP contribution in [-0.2, 0) is 20.7 Å². The first-order valence-corrected chi connectivity index (χ1v) is 8.39. The van der Waals surface area contributed by atoms with Crippen molar-refractivity contribution in [2.24, 2.45) is 0 Å². The minimum atomic E-state index is -0.469. The maximum absolute atomic E-state index is 12.0. The third-order valence-corrected chi connectivity index (χ3v) is 3.99. The Balaban J connectivity index is 1.47. The molecule has 6 nitrogen and oxygen atoms in total. The molecule has 134 valence electrons. The number of oxazole rings is 1. The first kappa shape index (κ1) is 17.7. The van der Waals surface area contributed by atoms with E-state index in [4.69, 9.17) is 9.15 Å². The van der Waals surface area contributed by atoms with E-state index >= 15 is 0 Å². The normalized spacial score (nSPS) is 10.7. The van der Waals surface area contributed by atoms with Crippen LogP contribution in [0.4, 0.5) is 5.69 Å². The van der Waals surface area contributed by atoms with Gasteiger partial charge in [0.25, 0.3) is 5.91 Å². The standard InChI is InChI=1S/C20H20N2O4/c1-13-6-5-7-14(2)20(13)22-17(23)12-25-19(24)11-10-18-21-15-8-3-4-9-16(15)26-18/h3-9H,10-12H2,1-2H3,(H,22,23). The SMILES string of the molecule is Cc1cccc(C)c1NC(=O)COC(=O)CCc1nc2ccccc2o1. The molecule has 0 atom stereocenters. The van der Waals surface area contributed by atoms with Crippen LogP contribution in [0.1, 0.15) is 23.4 Å². The number of fused-ring (bicyclic) bond motifs is 1. The maximum atomic E-state index is 12.0. The lowest BCUT2D eigenvalue weighted by molar-refractivity contribution is -0.147. The molecule has 0 saturated carbocycles. The molecule has 1 amide bonds. The van der Waals surface area contributed by atoms with Gasteiger partial charge >= 0.3 is 5.97 Å². The third kappa shape index (κ3) is 4.27. The number of carbonyl (C=O) groups is 2. The summed E-state index contributed by atoms with van der Waals surface area (Å²) in [5.41, 5.74) is 4.11. The number of benzene rings is 2. The summed E-state index contributed by atoms with van der Waals surface area (Å²) < 4.78 is 10.6. The molecule has 0 fully saturated rings. The summed E-state index contributed by atoms with van der Waals surface area (Å²) in [7, 11) is 0. The summed E-state index contributed by atoms with van der Waals surface area (Å²) in [6.07, 6.45) is 0.426. The second-order valence-corrected chi connectivity index (χ2v) is 6.05. The maximum Gasteiger partial charge on any atom is 0.306 e. The summed E-state index contributed by atoms with van der Waals surface area (Å²) in [4.78, 5) is 28.1. The van der Waals surface area contributed by atoms with Gasteiger partial charge in [0.15, 0.2) is 18.1 Å². The fourth-order valence-corrected chi connectivity index (χ4v) is 2.64. The molecule has 0 spiro atoms. The molecule has 3 rings (SSSR count). The predicted molar refractivity (Wildman–Crippen MR) is 97.8 cm³/mol. The largest absolute Gasteiger partial charge is 0.456 e. The molecule has 0 radical (unpaired) electrons. The number of hydrogen-bond acceptors (Lipinski definition) is 5. The molecule has 1 N–H and O–H groups in total. The average molecular weight is 352 g/mol. The molecule has 0 saturated heterocycles. The van der Waals surface area contributed by atoms with E-state index in [1.165, 1.54) is 0 Å². The topological polar surface area (TPSA) is 81.4 Å². The highest BCUT2D eigenvalue weighted by Crippen LogP contribution is 2.19. The minimum Gasteiger partial charge on any atom is -0.456 e. The lowest BCUT2D eigenvalue weighted by Crippen LogP contribution is -2.22. The Hall–Kier alpha value is -3.15. The van der Waals surface area contributed by atoms with Crippen LogP contribution in [0.2, 0.25) is 0 Å². The molecule has 0 unspecified atom stereocenters. The lowest BCUT2D eigenvalue weighted by Gasteiger charge is -2.11. The average Bonchev–Trinajstić information content (AvgIpc) is 3.04. The van der Waals surface area contributed by atoms with Gasteiger partial charge in [-0.1, -0.05) is 30.3 Å². The van der Waals surface area contributed by atoms with Crippen LogP contribution < -0.4 is 5.32 Å². The van der Waals surface area contributed by atoms with Crippen LogP contribution >= 0.6 is 0 Å². The summed E-state index contributed by atoms with van der Waals surface area (Å²) in [6, 6.07) is 13.1. The van der Waals surface area contributed by atoms with Crippen molar-refractivity contribution in [3.63, 3.8) is 0 Å². The Morgan fingerprint density at radius 2 is 1.81 bits per heavy atom. The molecule has 0 aliphatic rings. The Bertz CT molecular complexity index is 893. The van der Waals surface area contributed by atoms with E-state index in [9.17, 15) is 9.59 Å². The fraction of sp³-hybridized carbons (Fsp3) is 0.250. The number of hydrogen-bond donors (Lipinski definition) is 1. The van der Waals surface area contributed by atoms with Gasteiger partial charge < -0.3 is 14.5 Å². The molecule has 0 aliphatic heterocycles. The first-order chi connectivity index (χ1) is 12.5. The van der Waals surface area contributed by atoms with Crippen molar-refractivity contribution in [3.05, 3.63) is 59.5 Å². The molecular formula is C20H20N2O4. The van der Waals surface area contributed by atoms with Crippen molar-refractivity contribution < 1.29 is 18.7 Å². The van der Waals surface area contributed by atoms with Gasteiger partial charge in [-0.25, -0.2) is 4.98 Å². The van der Waals surface area contributed by atoms with Crippen molar-refractivity contribution in [2.45, 2.75) is 26.7 Å². The van der Waals surface area contributed by atoms with E-state index in [1.807, 2.05) is 56.3 Å². The quantitative estimate of drug-likeness (QED) is 0.686. The summed E-state index contributed by atoms with van der Waals surface area (Å²) in [5, 5.41) is 2.78. The number of anilines is 1. The van der Waals surface area contributed by atoms with Crippen molar-refractivity contribution in [2.75, 3.05) is 11.9 Å². The van der Waals surface area contributed by atoms with Crippen LogP contribution in [0.3, 0.4) is 0 Å². The first-order valence-electron chi connectivity index (χ1n) is 8.39. The van der Waals surface area contributed by atoms with Crippen molar-refractivity contribution in [1.82, 2.24) is 4.98 Å². The van der Waals surface area contributed by atoms with E-state index in [0.29, 0.717) is 17.9 Å². The number of nitrogens with zero attached hydrogens (tertiary/aromatic N) is 1. The third-order valence-electron chi connectivity index (χ3n) is 3.99. The molecule has 0 aliphatic carbocycles. The van der Waals surface area contributed by atoms with Gasteiger partial charge in [-0.05, 0) is 37.1 Å². The highest BCUT2D eigenvalue weighted by molar-refractivity contribution is 5.94. The minimum absolute atomic E-state index is 0.101. The highest BCUT2D eigenvalue weighted by atomic mass is 16.5. The predicted octanol–water partition coefficient (Wildman–Crippen LogP) is 3.56. The molecular weight excluding hydrogens is 332 g/mol. The zero-order chi connectivity index (χ0) is 18.5. The smallest absolute Gasteiger partial charge is 0.306 e. The summed E-state index contributed by atoms with van der Waals surface area (Å²) in [5.74, 6) is -0.357. The molecule has 1 aromatic heterocycles. The summed E-state index contributed by atoms with van der Waals surface area (Å²) >= 11 is 0. The zero-order valence-electron chi connectivity index (χ0n) is 14.7. The Labute approximate surface area is 151 Å². The Kier molecular flexibility index (Phi) is 5.31. The van der Waals surface area contributed by atoms with Crippen LogP contribution in [0, 0.1) is 13.8 Å². The van der Waals surface area contributed by atoms with Gasteiger partial charge in [0, 0.05) is 12.1 Å². The van der Waals surface area contributed by atoms with Crippen LogP contribution in [0.25, 0.3) is 11.1 Å². The molecule has 2 aromatic carbocycles. The van der Waals surface area contributed by atoms with Crippen LogP contribution in [0.5, 0.6) is 0 Å². The second-order valence-electron chi connectivity index (χ2n) is 6.05.